The average molecular weight is 290 g/mol. The molecule has 21 heavy (non-hydrogen) atoms. The van der Waals surface area contributed by atoms with Gasteiger partial charge in [0, 0.05) is 12.6 Å². The summed E-state index contributed by atoms with van der Waals surface area (Å²) in [6.07, 6.45) is 0.464. The first-order valence-corrected chi connectivity index (χ1v) is 6.33. The van der Waals surface area contributed by atoms with Crippen LogP contribution in [0.1, 0.15) is 5.56 Å². The molecule has 0 radical (unpaired) electrons. The monoisotopic (exact) mass is 290 g/mol. The fourth-order valence-corrected chi connectivity index (χ4v) is 2.13. The van der Waals surface area contributed by atoms with Crippen molar-refractivity contribution in [2.24, 2.45) is 0 Å². The second-order valence-electron chi connectivity index (χ2n) is 4.62. The number of aromatic nitrogens is 2. The molecule has 1 heterocycles. The van der Waals surface area contributed by atoms with Crippen LogP contribution < -0.4 is 11.1 Å². The van der Waals surface area contributed by atoms with Gasteiger partial charge in [-0.05, 0) is 46.6 Å². The van der Waals surface area contributed by atoms with E-state index in [1.54, 1.807) is 12.1 Å². The lowest BCUT2D eigenvalue weighted by Gasteiger charge is -2.07. The Bertz CT molecular complexity index is 767. The zero-order valence-corrected chi connectivity index (χ0v) is 10.9. The number of nitrogens with one attached hydrogen (secondary N) is 1. The molecule has 0 fully saturated rings. The SMILES string of the molecule is Nc1ccc(NCCc2cc(F)cc(F)c2)c2nonc12. The minimum absolute atomic E-state index is 0.464. The van der Waals surface area contributed by atoms with Gasteiger partial charge < -0.3 is 11.1 Å². The third-order valence-corrected chi connectivity index (χ3v) is 3.10. The first-order chi connectivity index (χ1) is 10.1. The van der Waals surface area contributed by atoms with E-state index in [4.69, 9.17) is 5.73 Å². The summed E-state index contributed by atoms with van der Waals surface area (Å²) >= 11 is 0. The summed E-state index contributed by atoms with van der Waals surface area (Å²) in [5.74, 6) is -1.17. The highest BCUT2D eigenvalue weighted by atomic mass is 19.1. The molecule has 108 valence electrons. The number of nitrogen functional groups attached to an aromatic ring is 1. The molecular formula is C14H12F2N4O. The van der Waals surface area contributed by atoms with Crippen LogP contribution >= 0.6 is 0 Å². The quantitative estimate of drug-likeness (QED) is 0.722. The van der Waals surface area contributed by atoms with E-state index in [2.05, 4.69) is 20.3 Å². The number of anilines is 2. The summed E-state index contributed by atoms with van der Waals surface area (Å²) in [5, 5.41) is 10.6. The molecule has 3 rings (SSSR count). The van der Waals surface area contributed by atoms with Gasteiger partial charge in [0.15, 0.2) is 11.0 Å². The Morgan fingerprint density at radius 2 is 1.76 bits per heavy atom. The van der Waals surface area contributed by atoms with E-state index in [0.717, 1.165) is 6.07 Å². The normalized spacial score (nSPS) is 11.0. The number of nitrogens with zero attached hydrogens (tertiary/aromatic N) is 2. The molecule has 0 bridgehead atoms. The third-order valence-electron chi connectivity index (χ3n) is 3.10. The molecule has 0 saturated carbocycles. The zero-order chi connectivity index (χ0) is 14.8. The second kappa shape index (κ2) is 5.35. The van der Waals surface area contributed by atoms with Gasteiger partial charge in [-0.1, -0.05) is 0 Å². The standard InChI is InChI=1S/C14H12F2N4O/c15-9-5-8(6-10(16)7-9)3-4-18-12-2-1-11(17)13-14(12)20-21-19-13/h1-2,5-7,18H,3-4,17H2. The number of hydrogen-bond donors (Lipinski definition) is 2. The van der Waals surface area contributed by atoms with Gasteiger partial charge in [-0.3, -0.25) is 0 Å². The van der Waals surface area contributed by atoms with Gasteiger partial charge in [-0.15, -0.1) is 0 Å². The smallest absolute Gasteiger partial charge is 0.160 e. The highest BCUT2D eigenvalue weighted by Crippen LogP contribution is 2.25. The van der Waals surface area contributed by atoms with Crippen molar-refractivity contribution in [2.75, 3.05) is 17.6 Å². The van der Waals surface area contributed by atoms with Crippen LogP contribution in [0.2, 0.25) is 0 Å². The van der Waals surface area contributed by atoms with Crippen molar-refractivity contribution in [3.63, 3.8) is 0 Å². The Morgan fingerprint density at radius 3 is 2.52 bits per heavy atom. The number of nitrogens with two attached hydrogens (primary N) is 1. The highest BCUT2D eigenvalue weighted by Gasteiger charge is 2.09. The molecule has 0 aliphatic rings. The highest BCUT2D eigenvalue weighted by molar-refractivity contribution is 5.94. The largest absolute Gasteiger partial charge is 0.397 e. The number of benzene rings is 2. The van der Waals surface area contributed by atoms with Crippen LogP contribution in [0, 0.1) is 11.6 Å². The zero-order valence-electron chi connectivity index (χ0n) is 10.9. The van der Waals surface area contributed by atoms with Crippen molar-refractivity contribution in [2.45, 2.75) is 6.42 Å². The van der Waals surface area contributed by atoms with E-state index in [9.17, 15) is 8.78 Å². The first kappa shape index (κ1) is 13.3. The predicted octanol–water partition coefficient (Wildman–Crippen LogP) is 2.74. The molecule has 7 heteroatoms. The lowest BCUT2D eigenvalue weighted by Crippen LogP contribution is -2.06. The Kier molecular flexibility index (Phi) is 3.39. The maximum atomic E-state index is 13.1. The van der Waals surface area contributed by atoms with Crippen LogP contribution in [0.3, 0.4) is 0 Å². The number of halogens is 2. The van der Waals surface area contributed by atoms with Crippen molar-refractivity contribution < 1.29 is 13.4 Å². The summed E-state index contributed by atoms with van der Waals surface area (Å²) in [6.45, 7) is 0.481. The van der Waals surface area contributed by atoms with Gasteiger partial charge in [0.2, 0.25) is 0 Å². The van der Waals surface area contributed by atoms with Gasteiger partial charge in [0.05, 0.1) is 11.4 Å². The summed E-state index contributed by atoms with van der Waals surface area (Å²) in [6, 6.07) is 6.91. The molecule has 3 aromatic rings. The Balaban J connectivity index is 1.72. The summed E-state index contributed by atoms with van der Waals surface area (Å²) in [4.78, 5) is 0. The van der Waals surface area contributed by atoms with Crippen LogP contribution in [-0.2, 0) is 6.42 Å². The molecule has 5 nitrogen and oxygen atoms in total. The van der Waals surface area contributed by atoms with E-state index in [0.29, 0.717) is 40.9 Å². The molecule has 2 aromatic carbocycles. The Hall–Kier alpha value is -2.70. The van der Waals surface area contributed by atoms with Gasteiger partial charge in [-0.2, -0.15) is 0 Å². The molecule has 0 atom stereocenters. The van der Waals surface area contributed by atoms with Crippen molar-refractivity contribution in [3.8, 4) is 0 Å². The van der Waals surface area contributed by atoms with Crippen molar-refractivity contribution in [1.82, 2.24) is 10.3 Å². The van der Waals surface area contributed by atoms with E-state index in [1.165, 1.54) is 12.1 Å². The van der Waals surface area contributed by atoms with Gasteiger partial charge >= 0.3 is 0 Å². The number of fused-ring (bicyclic) bond motifs is 1. The summed E-state index contributed by atoms with van der Waals surface area (Å²) < 4.78 is 30.8. The minimum Gasteiger partial charge on any atom is -0.397 e. The van der Waals surface area contributed by atoms with Crippen LogP contribution in [0.5, 0.6) is 0 Å². The molecule has 1 aromatic heterocycles. The molecular weight excluding hydrogens is 278 g/mol. The lowest BCUT2D eigenvalue weighted by molar-refractivity contribution is 0.316. The van der Waals surface area contributed by atoms with Crippen LogP contribution in [-0.4, -0.2) is 16.9 Å². The topological polar surface area (TPSA) is 77.0 Å². The van der Waals surface area contributed by atoms with Crippen molar-refractivity contribution >= 4 is 22.4 Å². The van der Waals surface area contributed by atoms with Crippen LogP contribution in [0.15, 0.2) is 35.0 Å². The molecule has 0 spiro atoms. The Morgan fingerprint density at radius 1 is 1.05 bits per heavy atom. The molecule has 0 amide bonds. The van der Waals surface area contributed by atoms with Gasteiger partial charge in [0.25, 0.3) is 0 Å². The average Bonchev–Trinajstić information content (AvgIpc) is 2.90. The molecule has 0 aliphatic carbocycles. The van der Waals surface area contributed by atoms with Gasteiger partial charge in [-0.25, -0.2) is 13.4 Å². The molecule has 0 aliphatic heterocycles. The van der Waals surface area contributed by atoms with Crippen LogP contribution in [0.25, 0.3) is 11.0 Å². The fraction of sp³-hybridized carbons (Fsp3) is 0.143. The first-order valence-electron chi connectivity index (χ1n) is 6.33. The van der Waals surface area contributed by atoms with E-state index in [1.807, 2.05) is 0 Å². The Labute approximate surface area is 118 Å². The number of hydrogen-bond acceptors (Lipinski definition) is 5. The second-order valence-corrected chi connectivity index (χ2v) is 4.62. The summed E-state index contributed by atoms with van der Waals surface area (Å²) in [7, 11) is 0. The predicted molar refractivity (Wildman–Crippen MR) is 74.8 cm³/mol. The number of rotatable bonds is 4. The van der Waals surface area contributed by atoms with E-state index >= 15 is 0 Å². The molecule has 3 N–H and O–H groups in total. The summed E-state index contributed by atoms with van der Waals surface area (Å²) in [5.41, 5.74) is 8.52. The lowest BCUT2D eigenvalue weighted by atomic mass is 10.1. The van der Waals surface area contributed by atoms with E-state index < -0.39 is 11.6 Å². The molecule has 0 unspecified atom stereocenters. The van der Waals surface area contributed by atoms with Crippen LogP contribution in [0.4, 0.5) is 20.2 Å². The van der Waals surface area contributed by atoms with Gasteiger partial charge in [0.1, 0.15) is 11.6 Å². The van der Waals surface area contributed by atoms with E-state index in [-0.39, 0.29) is 0 Å². The maximum absolute atomic E-state index is 13.1. The maximum Gasteiger partial charge on any atom is 0.160 e. The van der Waals surface area contributed by atoms with Crippen molar-refractivity contribution in [1.29, 1.82) is 0 Å². The molecule has 0 saturated heterocycles. The minimum atomic E-state index is -0.583. The third kappa shape index (κ3) is 2.76. The fourth-order valence-electron chi connectivity index (χ4n) is 2.13. The van der Waals surface area contributed by atoms with Crippen molar-refractivity contribution in [3.05, 3.63) is 47.5 Å².